The molecule has 6 heteroatoms. The molecule has 0 spiro atoms. The Bertz CT molecular complexity index is 299. The molecule has 58 valence electrons. The van der Waals surface area contributed by atoms with Gasteiger partial charge in [0.15, 0.2) is 0 Å². The Morgan fingerprint density at radius 1 is 1.75 bits per heavy atom. The predicted molar refractivity (Wildman–Crippen MR) is 32.4 cm³/mol. The van der Waals surface area contributed by atoms with Crippen LogP contribution in [0.1, 0.15) is 18.3 Å². The molecule has 0 aromatic carbocycles. The van der Waals surface area contributed by atoms with Gasteiger partial charge in [0, 0.05) is 6.42 Å². The van der Waals surface area contributed by atoms with Gasteiger partial charge in [-0.25, -0.2) is 0 Å². The van der Waals surface area contributed by atoms with Crippen LogP contribution in [0.2, 0.25) is 0 Å². The number of rotatable bonds is 1. The minimum absolute atomic E-state index is 0. The van der Waals surface area contributed by atoms with Crippen molar-refractivity contribution in [3.8, 4) is 0 Å². The summed E-state index contributed by atoms with van der Waals surface area (Å²) in [7, 11) is 0. The van der Waals surface area contributed by atoms with E-state index in [2.05, 4.69) is 10.2 Å². The number of carbonyl (C=O) groups is 1. The van der Waals surface area contributed by atoms with Crippen LogP contribution in [0.5, 0.6) is 0 Å². The third kappa shape index (κ3) is 1.26. The van der Waals surface area contributed by atoms with E-state index in [1.807, 2.05) is 0 Å². The molecule has 0 fully saturated rings. The number of fused-ring (bicyclic) bond motifs is 1. The fourth-order valence-corrected chi connectivity index (χ4v) is 1.34. The quantitative estimate of drug-likeness (QED) is 0.387. The first-order valence-corrected chi connectivity index (χ1v) is 3.38. The second-order valence-electron chi connectivity index (χ2n) is 2.53. The third-order valence-corrected chi connectivity index (χ3v) is 1.90. The molecule has 0 saturated carbocycles. The monoisotopic (exact) mass is 159 g/mol. The van der Waals surface area contributed by atoms with Crippen LogP contribution < -0.4 is 24.0 Å². The van der Waals surface area contributed by atoms with Crippen LogP contribution in [0.3, 0.4) is 0 Å². The van der Waals surface area contributed by atoms with Crippen molar-refractivity contribution < 1.29 is 28.8 Å². The van der Waals surface area contributed by atoms with Gasteiger partial charge in [-0.3, -0.25) is 0 Å². The molecule has 1 atom stereocenters. The number of aryl methyl sites for hydroxylation is 1. The van der Waals surface area contributed by atoms with Gasteiger partial charge in [0.2, 0.25) is 0 Å². The fourth-order valence-electron chi connectivity index (χ4n) is 1.34. The van der Waals surface area contributed by atoms with Crippen molar-refractivity contribution in [1.29, 1.82) is 0 Å². The SMILES string of the molecule is O=C([O-])C1CCc2nncn21.[Li+]. The zero-order chi connectivity index (χ0) is 7.84. The smallest absolute Gasteiger partial charge is 0.548 e. The van der Waals surface area contributed by atoms with Gasteiger partial charge in [0.25, 0.3) is 0 Å². The average Bonchev–Trinajstić information content (AvgIpc) is 2.41. The number of aromatic nitrogens is 3. The maximum absolute atomic E-state index is 10.5. The Labute approximate surface area is 81.0 Å². The first kappa shape index (κ1) is 9.30. The Hall–Kier alpha value is -0.793. The largest absolute Gasteiger partial charge is 1.00 e. The van der Waals surface area contributed by atoms with Crippen molar-refractivity contribution in [3.05, 3.63) is 12.2 Å². The summed E-state index contributed by atoms with van der Waals surface area (Å²) in [5.41, 5.74) is 0. The summed E-state index contributed by atoms with van der Waals surface area (Å²) >= 11 is 0. The number of hydrogen-bond acceptors (Lipinski definition) is 4. The molecule has 1 aliphatic rings. The van der Waals surface area contributed by atoms with E-state index in [0.29, 0.717) is 12.8 Å². The summed E-state index contributed by atoms with van der Waals surface area (Å²) in [5, 5.41) is 17.8. The summed E-state index contributed by atoms with van der Waals surface area (Å²) < 4.78 is 1.55. The van der Waals surface area contributed by atoms with E-state index in [1.165, 1.54) is 6.33 Å². The Balaban J connectivity index is 0.000000720. The van der Waals surface area contributed by atoms with E-state index in [0.717, 1.165) is 5.82 Å². The third-order valence-electron chi connectivity index (χ3n) is 1.90. The maximum atomic E-state index is 10.5. The zero-order valence-electron chi connectivity index (χ0n) is 6.73. The molecule has 1 unspecified atom stereocenters. The topological polar surface area (TPSA) is 70.8 Å². The first-order chi connectivity index (χ1) is 5.29. The molecule has 0 radical (unpaired) electrons. The van der Waals surface area contributed by atoms with Crippen LogP contribution in [-0.4, -0.2) is 20.7 Å². The molecule has 0 N–H and O–H groups in total. The van der Waals surface area contributed by atoms with Gasteiger partial charge in [0.05, 0.1) is 12.0 Å². The van der Waals surface area contributed by atoms with E-state index in [1.54, 1.807) is 4.57 Å². The van der Waals surface area contributed by atoms with E-state index < -0.39 is 12.0 Å². The molecule has 1 aliphatic heterocycles. The minimum Gasteiger partial charge on any atom is -0.548 e. The molecule has 2 heterocycles. The maximum Gasteiger partial charge on any atom is 1.00 e. The van der Waals surface area contributed by atoms with E-state index in [9.17, 15) is 9.90 Å². The molecule has 12 heavy (non-hydrogen) atoms. The van der Waals surface area contributed by atoms with Crippen LogP contribution in [0.4, 0.5) is 0 Å². The molecule has 0 amide bonds. The molecule has 0 saturated heterocycles. The molecular weight excluding hydrogens is 153 g/mol. The van der Waals surface area contributed by atoms with Crippen molar-refractivity contribution in [2.75, 3.05) is 0 Å². The molecule has 5 nitrogen and oxygen atoms in total. The van der Waals surface area contributed by atoms with E-state index in [4.69, 9.17) is 0 Å². The molecule has 1 aromatic rings. The van der Waals surface area contributed by atoms with Crippen molar-refractivity contribution in [2.45, 2.75) is 18.9 Å². The van der Waals surface area contributed by atoms with Gasteiger partial charge in [-0.1, -0.05) is 0 Å². The second-order valence-corrected chi connectivity index (χ2v) is 2.53. The van der Waals surface area contributed by atoms with Gasteiger partial charge in [-0.2, -0.15) is 0 Å². The van der Waals surface area contributed by atoms with Gasteiger partial charge < -0.3 is 14.5 Å². The van der Waals surface area contributed by atoms with Crippen LogP contribution in [-0.2, 0) is 11.2 Å². The van der Waals surface area contributed by atoms with Crippen LogP contribution in [0, 0.1) is 0 Å². The van der Waals surface area contributed by atoms with Gasteiger partial charge >= 0.3 is 18.9 Å². The Kier molecular flexibility index (Phi) is 2.55. The van der Waals surface area contributed by atoms with Crippen LogP contribution >= 0.6 is 0 Å². The summed E-state index contributed by atoms with van der Waals surface area (Å²) in [6.07, 6.45) is 2.69. The standard InChI is InChI=1S/C6H7N3O2.Li/c10-6(11)4-1-2-5-8-7-3-9(4)5;/h3-4H,1-2H2,(H,10,11);/q;+1/p-1. The molecule has 1 aromatic heterocycles. The number of nitrogens with zero attached hydrogens (tertiary/aromatic N) is 3. The van der Waals surface area contributed by atoms with Crippen molar-refractivity contribution >= 4 is 5.97 Å². The fraction of sp³-hybridized carbons (Fsp3) is 0.500. The number of carbonyl (C=O) groups excluding carboxylic acids is 1. The number of aliphatic carboxylic acids is 1. The zero-order valence-corrected chi connectivity index (χ0v) is 6.73. The van der Waals surface area contributed by atoms with E-state index >= 15 is 0 Å². The van der Waals surface area contributed by atoms with E-state index in [-0.39, 0.29) is 18.9 Å². The number of hydrogen-bond donors (Lipinski definition) is 0. The normalized spacial score (nSPS) is 19.8. The average molecular weight is 159 g/mol. The van der Waals surface area contributed by atoms with Crippen molar-refractivity contribution in [3.63, 3.8) is 0 Å². The molecule has 0 aliphatic carbocycles. The van der Waals surface area contributed by atoms with Gasteiger partial charge in [-0.05, 0) is 6.42 Å². The summed E-state index contributed by atoms with van der Waals surface area (Å²) in [6.45, 7) is 0. The summed E-state index contributed by atoms with van der Waals surface area (Å²) in [4.78, 5) is 10.5. The minimum atomic E-state index is -1.05. The van der Waals surface area contributed by atoms with Gasteiger partial charge in [-0.15, -0.1) is 10.2 Å². The Morgan fingerprint density at radius 2 is 2.50 bits per heavy atom. The summed E-state index contributed by atoms with van der Waals surface area (Å²) in [6, 6.07) is -0.556. The second kappa shape index (κ2) is 3.29. The van der Waals surface area contributed by atoms with Crippen molar-refractivity contribution in [1.82, 2.24) is 14.8 Å². The number of carboxylic acids is 1. The Morgan fingerprint density at radius 3 is 3.17 bits per heavy atom. The number of carboxylic acid groups (broad SMARTS) is 1. The summed E-state index contributed by atoms with van der Waals surface area (Å²) in [5.74, 6) is -0.317. The predicted octanol–water partition coefficient (Wildman–Crippen LogP) is -4.48. The molecule has 0 bridgehead atoms. The van der Waals surface area contributed by atoms with Crippen molar-refractivity contribution in [2.24, 2.45) is 0 Å². The van der Waals surface area contributed by atoms with Gasteiger partial charge in [0.1, 0.15) is 12.2 Å². The molecule has 2 rings (SSSR count). The first-order valence-electron chi connectivity index (χ1n) is 3.38. The molecular formula is C6H6LiN3O2. The van der Waals surface area contributed by atoms with Crippen LogP contribution in [0.25, 0.3) is 0 Å². The van der Waals surface area contributed by atoms with Crippen LogP contribution in [0.15, 0.2) is 6.33 Å².